The molecule has 2 N–H and O–H groups in total. The molecule has 2 heterocycles. The topological polar surface area (TPSA) is 48.9 Å². The first-order valence-corrected chi connectivity index (χ1v) is 9.26. The van der Waals surface area contributed by atoms with Crippen molar-refractivity contribution in [2.45, 2.75) is 38.2 Å². The molecular formula is C19H30N4O. The fourth-order valence-electron chi connectivity index (χ4n) is 3.49. The number of ether oxygens (including phenoxy) is 1. The molecule has 3 rings (SSSR count). The van der Waals surface area contributed by atoms with E-state index in [0.29, 0.717) is 0 Å². The Hall–Kier alpha value is -1.75. The highest BCUT2D eigenvalue weighted by Gasteiger charge is 2.22. The molecule has 0 spiro atoms. The number of rotatable bonds is 5. The predicted octanol–water partition coefficient (Wildman–Crippen LogP) is 2.03. The third-order valence-corrected chi connectivity index (χ3v) is 4.85. The molecule has 5 nitrogen and oxygen atoms in total. The summed E-state index contributed by atoms with van der Waals surface area (Å²) in [6, 6.07) is 8.28. The van der Waals surface area contributed by atoms with Gasteiger partial charge in [-0.15, -0.1) is 0 Å². The highest BCUT2D eigenvalue weighted by Crippen LogP contribution is 2.27. The summed E-state index contributed by atoms with van der Waals surface area (Å²) in [5.41, 5.74) is 1.30. The fourth-order valence-corrected chi connectivity index (χ4v) is 3.49. The summed E-state index contributed by atoms with van der Waals surface area (Å²) < 4.78 is 5.96. The summed E-state index contributed by atoms with van der Waals surface area (Å²) in [4.78, 5) is 6.88. The molecule has 0 bridgehead atoms. The Morgan fingerprint density at radius 3 is 2.71 bits per heavy atom. The molecule has 1 unspecified atom stereocenters. The van der Waals surface area contributed by atoms with Crippen molar-refractivity contribution in [3.05, 3.63) is 29.8 Å². The molecule has 0 aliphatic carbocycles. The predicted molar refractivity (Wildman–Crippen MR) is 98.8 cm³/mol. The Morgan fingerprint density at radius 2 is 1.96 bits per heavy atom. The van der Waals surface area contributed by atoms with Crippen LogP contribution in [0.25, 0.3) is 0 Å². The van der Waals surface area contributed by atoms with Gasteiger partial charge in [-0.25, -0.2) is 0 Å². The van der Waals surface area contributed by atoms with E-state index in [2.05, 4.69) is 32.7 Å². The minimum Gasteiger partial charge on any atom is -0.488 e. The third kappa shape index (κ3) is 4.87. The van der Waals surface area contributed by atoms with Crippen molar-refractivity contribution in [1.29, 1.82) is 0 Å². The molecule has 0 saturated carbocycles. The fraction of sp³-hybridized carbons (Fsp3) is 0.632. The first-order chi connectivity index (χ1) is 11.8. The molecule has 24 heavy (non-hydrogen) atoms. The van der Waals surface area contributed by atoms with Crippen LogP contribution in [0.5, 0.6) is 5.75 Å². The van der Waals surface area contributed by atoms with Gasteiger partial charge in [0.15, 0.2) is 5.96 Å². The van der Waals surface area contributed by atoms with Crippen molar-refractivity contribution in [3.8, 4) is 5.75 Å². The van der Waals surface area contributed by atoms with E-state index < -0.39 is 0 Å². The number of aliphatic imine (C=N–C) groups is 1. The monoisotopic (exact) mass is 330 g/mol. The standard InChI is InChI=1S/C19H30N4O/c1-20-19(21-10-13-23-11-6-2-3-7-12-23)22-15-17-14-16-8-4-5-9-18(16)24-17/h4-5,8-9,17H,2-3,6-7,10-15H2,1H3,(H2,20,21,22). The molecule has 5 heteroatoms. The Labute approximate surface area is 145 Å². The van der Waals surface area contributed by atoms with Crippen LogP contribution in [0.15, 0.2) is 29.3 Å². The highest BCUT2D eigenvalue weighted by molar-refractivity contribution is 5.79. The van der Waals surface area contributed by atoms with E-state index in [4.69, 9.17) is 4.74 Å². The van der Waals surface area contributed by atoms with Crippen LogP contribution in [0.1, 0.15) is 31.2 Å². The van der Waals surface area contributed by atoms with Crippen molar-refractivity contribution in [1.82, 2.24) is 15.5 Å². The van der Waals surface area contributed by atoms with Crippen LogP contribution < -0.4 is 15.4 Å². The molecule has 0 amide bonds. The Kier molecular flexibility index (Phi) is 6.35. The highest BCUT2D eigenvalue weighted by atomic mass is 16.5. The van der Waals surface area contributed by atoms with Gasteiger partial charge in [0.25, 0.3) is 0 Å². The van der Waals surface area contributed by atoms with Gasteiger partial charge in [0.1, 0.15) is 11.9 Å². The molecule has 1 saturated heterocycles. The van der Waals surface area contributed by atoms with Crippen LogP contribution in [-0.4, -0.2) is 56.7 Å². The maximum absolute atomic E-state index is 5.96. The van der Waals surface area contributed by atoms with Crippen LogP contribution in [0, 0.1) is 0 Å². The average molecular weight is 330 g/mol. The molecule has 2 aliphatic rings. The Balaban J connectivity index is 1.35. The zero-order valence-corrected chi connectivity index (χ0v) is 14.8. The molecule has 2 aliphatic heterocycles. The summed E-state index contributed by atoms with van der Waals surface area (Å²) in [7, 11) is 1.82. The second-order valence-corrected chi connectivity index (χ2v) is 6.69. The second-order valence-electron chi connectivity index (χ2n) is 6.69. The summed E-state index contributed by atoms with van der Waals surface area (Å²) in [5, 5.41) is 6.82. The lowest BCUT2D eigenvalue weighted by Crippen LogP contribution is -2.44. The van der Waals surface area contributed by atoms with Gasteiger partial charge in [0.05, 0.1) is 6.54 Å². The lowest BCUT2D eigenvalue weighted by molar-refractivity contribution is 0.234. The minimum absolute atomic E-state index is 0.187. The van der Waals surface area contributed by atoms with Gasteiger partial charge in [-0.3, -0.25) is 4.99 Å². The first-order valence-electron chi connectivity index (χ1n) is 9.26. The zero-order valence-electron chi connectivity index (χ0n) is 14.8. The second kappa shape index (κ2) is 8.92. The number of nitrogens with one attached hydrogen (secondary N) is 2. The van der Waals surface area contributed by atoms with Crippen LogP contribution in [0.2, 0.25) is 0 Å². The van der Waals surface area contributed by atoms with E-state index in [9.17, 15) is 0 Å². The van der Waals surface area contributed by atoms with Crippen LogP contribution in [0.4, 0.5) is 0 Å². The SMILES string of the molecule is CN=C(NCCN1CCCCCC1)NCC1Cc2ccccc2O1. The van der Waals surface area contributed by atoms with E-state index in [1.807, 2.05) is 19.2 Å². The van der Waals surface area contributed by atoms with Gasteiger partial charge in [-0.2, -0.15) is 0 Å². The normalized spacial score (nSPS) is 21.7. The third-order valence-electron chi connectivity index (χ3n) is 4.85. The molecule has 0 aromatic heterocycles. The maximum Gasteiger partial charge on any atom is 0.191 e. The first kappa shape index (κ1) is 17.1. The largest absolute Gasteiger partial charge is 0.488 e. The number of nitrogens with zero attached hydrogens (tertiary/aromatic N) is 2. The summed E-state index contributed by atoms with van der Waals surface area (Å²) in [6.07, 6.45) is 6.60. The smallest absolute Gasteiger partial charge is 0.191 e. The van der Waals surface area contributed by atoms with Crippen molar-refractivity contribution >= 4 is 5.96 Å². The zero-order chi connectivity index (χ0) is 16.6. The van der Waals surface area contributed by atoms with Gasteiger partial charge in [-0.05, 0) is 37.6 Å². The van der Waals surface area contributed by atoms with E-state index in [0.717, 1.165) is 37.8 Å². The van der Waals surface area contributed by atoms with Crippen molar-refractivity contribution in [2.75, 3.05) is 39.8 Å². The van der Waals surface area contributed by atoms with Gasteiger partial charge < -0.3 is 20.3 Å². The maximum atomic E-state index is 5.96. The average Bonchev–Trinajstić information content (AvgIpc) is 2.85. The molecule has 132 valence electrons. The van der Waals surface area contributed by atoms with Crippen LogP contribution in [0.3, 0.4) is 0 Å². The van der Waals surface area contributed by atoms with E-state index in [1.54, 1.807) is 0 Å². The van der Waals surface area contributed by atoms with Crippen LogP contribution >= 0.6 is 0 Å². The Morgan fingerprint density at radius 1 is 1.17 bits per heavy atom. The molecule has 1 aromatic rings. The number of para-hydroxylation sites is 1. The summed E-state index contributed by atoms with van der Waals surface area (Å²) in [5.74, 6) is 1.89. The minimum atomic E-state index is 0.187. The van der Waals surface area contributed by atoms with Gasteiger partial charge in [-0.1, -0.05) is 31.0 Å². The van der Waals surface area contributed by atoms with Crippen molar-refractivity contribution < 1.29 is 4.74 Å². The van der Waals surface area contributed by atoms with Crippen molar-refractivity contribution in [3.63, 3.8) is 0 Å². The summed E-state index contributed by atoms with van der Waals surface area (Å²) >= 11 is 0. The molecular weight excluding hydrogens is 300 g/mol. The van der Waals surface area contributed by atoms with Crippen molar-refractivity contribution in [2.24, 2.45) is 4.99 Å². The lowest BCUT2D eigenvalue weighted by atomic mass is 10.1. The quantitative estimate of drug-likeness (QED) is 0.641. The van der Waals surface area contributed by atoms with Crippen LogP contribution in [-0.2, 0) is 6.42 Å². The number of guanidine groups is 1. The number of hydrogen-bond donors (Lipinski definition) is 2. The number of fused-ring (bicyclic) bond motifs is 1. The van der Waals surface area contributed by atoms with E-state index in [-0.39, 0.29) is 6.10 Å². The summed E-state index contributed by atoms with van der Waals surface area (Å²) in [6.45, 7) is 5.28. The van der Waals surface area contributed by atoms with Gasteiger partial charge in [0.2, 0.25) is 0 Å². The number of hydrogen-bond acceptors (Lipinski definition) is 3. The molecule has 1 aromatic carbocycles. The molecule has 1 fully saturated rings. The lowest BCUT2D eigenvalue weighted by Gasteiger charge is -2.21. The molecule has 1 atom stereocenters. The van der Waals surface area contributed by atoms with Gasteiger partial charge in [0, 0.05) is 26.6 Å². The van der Waals surface area contributed by atoms with E-state index >= 15 is 0 Å². The van der Waals surface area contributed by atoms with E-state index in [1.165, 1.54) is 44.3 Å². The number of benzene rings is 1. The number of likely N-dealkylation sites (tertiary alicyclic amines) is 1. The van der Waals surface area contributed by atoms with Gasteiger partial charge >= 0.3 is 0 Å². The molecule has 0 radical (unpaired) electrons. The Bertz CT molecular complexity index is 513.